The van der Waals surface area contributed by atoms with Gasteiger partial charge in [0.1, 0.15) is 0 Å². The third-order valence-corrected chi connectivity index (χ3v) is 2.05. The molecule has 6 heteroatoms. The number of hydrogen-bond donors (Lipinski definition) is 1. The minimum Gasteiger partial charge on any atom is -0.479 e. The predicted octanol–water partition coefficient (Wildman–Crippen LogP) is 1.94. The molecule has 78 valence electrons. The molecular formula is C9H6ClNO4. The normalized spacial score (nSPS) is 10.5. The number of fused-ring (bicyclic) bond motifs is 1. The Balaban J connectivity index is 2.37. The van der Waals surface area contributed by atoms with Crippen LogP contribution in [0.5, 0.6) is 5.88 Å². The van der Waals surface area contributed by atoms with Gasteiger partial charge in [0.05, 0.1) is 10.4 Å². The zero-order chi connectivity index (χ0) is 10.8. The van der Waals surface area contributed by atoms with E-state index in [0.29, 0.717) is 16.0 Å². The molecule has 0 saturated heterocycles. The quantitative estimate of drug-likeness (QED) is 0.868. The van der Waals surface area contributed by atoms with Gasteiger partial charge >= 0.3 is 5.97 Å². The highest BCUT2D eigenvalue weighted by molar-refractivity contribution is 6.34. The van der Waals surface area contributed by atoms with E-state index in [1.807, 2.05) is 0 Å². The number of rotatable bonds is 3. The Hall–Kier alpha value is -1.75. The summed E-state index contributed by atoms with van der Waals surface area (Å²) in [6.07, 6.45) is 0. The van der Waals surface area contributed by atoms with Crippen LogP contribution in [-0.4, -0.2) is 22.8 Å². The van der Waals surface area contributed by atoms with Crippen LogP contribution in [-0.2, 0) is 4.79 Å². The molecule has 15 heavy (non-hydrogen) atoms. The first-order valence-corrected chi connectivity index (χ1v) is 4.45. The van der Waals surface area contributed by atoms with E-state index in [9.17, 15) is 4.79 Å². The van der Waals surface area contributed by atoms with E-state index in [2.05, 4.69) is 5.16 Å². The number of hydrogen-bond acceptors (Lipinski definition) is 4. The van der Waals surface area contributed by atoms with Crippen LogP contribution >= 0.6 is 11.6 Å². The highest BCUT2D eigenvalue weighted by atomic mass is 35.5. The Morgan fingerprint density at radius 3 is 3.13 bits per heavy atom. The Labute approximate surface area is 89.2 Å². The first-order valence-electron chi connectivity index (χ1n) is 4.07. The van der Waals surface area contributed by atoms with Crippen LogP contribution in [0.15, 0.2) is 22.7 Å². The maximum Gasteiger partial charge on any atom is 0.341 e. The standard InChI is InChI=1S/C9H6ClNO4/c10-6-3-1-2-5-8(6)15-11-9(5)14-4-7(12)13/h1-3H,4H2,(H,12,13). The van der Waals surface area contributed by atoms with Gasteiger partial charge in [-0.1, -0.05) is 17.7 Å². The van der Waals surface area contributed by atoms with Crippen molar-refractivity contribution in [1.82, 2.24) is 5.16 Å². The summed E-state index contributed by atoms with van der Waals surface area (Å²) in [6.45, 7) is -0.464. The number of benzene rings is 1. The molecule has 1 N–H and O–H groups in total. The molecule has 1 heterocycles. The Kier molecular flexibility index (Phi) is 2.47. The van der Waals surface area contributed by atoms with E-state index < -0.39 is 12.6 Å². The van der Waals surface area contributed by atoms with Gasteiger partial charge in [0.15, 0.2) is 12.2 Å². The minimum absolute atomic E-state index is 0.134. The van der Waals surface area contributed by atoms with Gasteiger partial charge in [-0.15, -0.1) is 0 Å². The molecule has 0 fully saturated rings. The number of ether oxygens (including phenoxy) is 1. The number of halogens is 1. The maximum atomic E-state index is 10.3. The average Bonchev–Trinajstić information content (AvgIpc) is 2.59. The van der Waals surface area contributed by atoms with Crippen LogP contribution in [0.1, 0.15) is 0 Å². The zero-order valence-corrected chi connectivity index (χ0v) is 8.19. The molecule has 0 atom stereocenters. The van der Waals surface area contributed by atoms with Crippen LogP contribution in [0.2, 0.25) is 5.02 Å². The molecule has 1 aromatic heterocycles. The number of para-hydroxylation sites is 1. The second-order valence-corrected chi connectivity index (χ2v) is 3.19. The summed E-state index contributed by atoms with van der Waals surface area (Å²) in [7, 11) is 0. The van der Waals surface area contributed by atoms with Crippen molar-refractivity contribution in [2.75, 3.05) is 6.61 Å². The predicted molar refractivity (Wildman–Crippen MR) is 52.1 cm³/mol. The van der Waals surface area contributed by atoms with Gasteiger partial charge in [-0.05, 0) is 17.3 Å². The summed E-state index contributed by atoms with van der Waals surface area (Å²) in [6, 6.07) is 5.04. The first kappa shape index (κ1) is 9.79. The fourth-order valence-corrected chi connectivity index (χ4v) is 1.35. The van der Waals surface area contributed by atoms with E-state index in [1.165, 1.54) is 0 Å². The lowest BCUT2D eigenvalue weighted by atomic mass is 10.2. The third-order valence-electron chi connectivity index (χ3n) is 1.75. The van der Waals surface area contributed by atoms with Gasteiger partial charge < -0.3 is 14.4 Å². The van der Waals surface area contributed by atoms with E-state index in [0.717, 1.165) is 0 Å². The average molecular weight is 228 g/mol. The van der Waals surface area contributed by atoms with Crippen LogP contribution in [0.25, 0.3) is 11.0 Å². The maximum absolute atomic E-state index is 10.3. The molecule has 0 bridgehead atoms. The van der Waals surface area contributed by atoms with Gasteiger partial charge in [-0.2, -0.15) is 0 Å². The monoisotopic (exact) mass is 227 g/mol. The third kappa shape index (κ3) is 1.87. The highest BCUT2D eigenvalue weighted by Crippen LogP contribution is 2.29. The lowest BCUT2D eigenvalue weighted by Gasteiger charge is -1.96. The van der Waals surface area contributed by atoms with Gasteiger partial charge in [0, 0.05) is 0 Å². The van der Waals surface area contributed by atoms with Crippen molar-refractivity contribution in [3.63, 3.8) is 0 Å². The Bertz CT molecular complexity index is 508. The van der Waals surface area contributed by atoms with Crippen molar-refractivity contribution in [3.8, 4) is 5.88 Å². The zero-order valence-electron chi connectivity index (χ0n) is 7.44. The number of carboxylic acids is 1. The SMILES string of the molecule is O=C(O)COc1noc2c(Cl)cccc12. The molecule has 0 amide bonds. The van der Waals surface area contributed by atoms with Crippen LogP contribution in [0, 0.1) is 0 Å². The van der Waals surface area contributed by atoms with Crippen LogP contribution in [0.3, 0.4) is 0 Å². The van der Waals surface area contributed by atoms with E-state index >= 15 is 0 Å². The molecule has 1 aromatic carbocycles. The lowest BCUT2D eigenvalue weighted by molar-refractivity contribution is -0.139. The first-order chi connectivity index (χ1) is 7.18. The molecule has 2 rings (SSSR count). The molecule has 0 aliphatic heterocycles. The molecule has 0 spiro atoms. The van der Waals surface area contributed by atoms with Gasteiger partial charge in [-0.3, -0.25) is 0 Å². The molecule has 0 aliphatic rings. The van der Waals surface area contributed by atoms with Gasteiger partial charge in [0.2, 0.25) is 0 Å². The molecule has 2 aromatic rings. The second-order valence-electron chi connectivity index (χ2n) is 2.79. The molecule has 0 saturated carbocycles. The van der Waals surface area contributed by atoms with E-state index in [-0.39, 0.29) is 5.88 Å². The summed E-state index contributed by atoms with van der Waals surface area (Å²) in [5.74, 6) is -0.942. The smallest absolute Gasteiger partial charge is 0.341 e. The van der Waals surface area contributed by atoms with Crippen LogP contribution < -0.4 is 4.74 Å². The van der Waals surface area contributed by atoms with Crippen molar-refractivity contribution in [2.24, 2.45) is 0 Å². The second kappa shape index (κ2) is 3.78. The highest BCUT2D eigenvalue weighted by Gasteiger charge is 2.12. The fourth-order valence-electron chi connectivity index (χ4n) is 1.14. The van der Waals surface area contributed by atoms with Crippen molar-refractivity contribution >= 4 is 28.5 Å². The fraction of sp³-hybridized carbons (Fsp3) is 0.111. The molecule has 5 nitrogen and oxygen atoms in total. The minimum atomic E-state index is -1.08. The Morgan fingerprint density at radius 1 is 1.60 bits per heavy atom. The summed E-state index contributed by atoms with van der Waals surface area (Å²) in [5, 5.41) is 13.0. The lowest BCUT2D eigenvalue weighted by Crippen LogP contribution is -2.09. The van der Waals surface area contributed by atoms with E-state index in [4.69, 9.17) is 26.0 Å². The summed E-state index contributed by atoms with van der Waals surface area (Å²) < 4.78 is 9.82. The van der Waals surface area contributed by atoms with Crippen molar-refractivity contribution in [2.45, 2.75) is 0 Å². The number of carboxylic acid groups (broad SMARTS) is 1. The summed E-state index contributed by atoms with van der Waals surface area (Å²) >= 11 is 5.83. The summed E-state index contributed by atoms with van der Waals surface area (Å²) in [4.78, 5) is 10.3. The van der Waals surface area contributed by atoms with Gasteiger partial charge in [0.25, 0.3) is 5.88 Å². The number of carbonyl (C=O) groups is 1. The largest absolute Gasteiger partial charge is 0.479 e. The summed E-state index contributed by atoms with van der Waals surface area (Å²) in [5.41, 5.74) is 0.388. The van der Waals surface area contributed by atoms with Crippen molar-refractivity contribution < 1.29 is 19.2 Å². The van der Waals surface area contributed by atoms with Crippen molar-refractivity contribution in [3.05, 3.63) is 23.2 Å². The van der Waals surface area contributed by atoms with Gasteiger partial charge in [-0.25, -0.2) is 4.79 Å². The number of nitrogens with zero attached hydrogens (tertiary/aromatic N) is 1. The molecular weight excluding hydrogens is 222 g/mol. The van der Waals surface area contributed by atoms with Crippen LogP contribution in [0.4, 0.5) is 0 Å². The number of aromatic nitrogens is 1. The molecule has 0 unspecified atom stereocenters. The molecule has 0 aliphatic carbocycles. The van der Waals surface area contributed by atoms with E-state index in [1.54, 1.807) is 18.2 Å². The Morgan fingerprint density at radius 2 is 2.40 bits per heavy atom. The number of aliphatic carboxylic acids is 1. The van der Waals surface area contributed by atoms with Crippen molar-refractivity contribution in [1.29, 1.82) is 0 Å². The molecule has 0 radical (unpaired) electrons. The topological polar surface area (TPSA) is 72.6 Å².